The van der Waals surface area contributed by atoms with Crippen LogP contribution in [0.1, 0.15) is 24.5 Å². The van der Waals surface area contributed by atoms with E-state index in [1.165, 1.54) is 5.69 Å². The summed E-state index contributed by atoms with van der Waals surface area (Å²) in [6.45, 7) is 2.90. The fourth-order valence-electron chi connectivity index (χ4n) is 1.71. The average Bonchev–Trinajstić information content (AvgIpc) is 2.88. The first kappa shape index (κ1) is 10.9. The van der Waals surface area contributed by atoms with Gasteiger partial charge in [0.2, 0.25) is 0 Å². The Morgan fingerprint density at radius 2 is 2.31 bits per heavy atom. The predicted octanol–water partition coefficient (Wildman–Crippen LogP) is 0.945. The van der Waals surface area contributed by atoms with Crippen molar-refractivity contribution < 1.29 is 0 Å². The van der Waals surface area contributed by atoms with Gasteiger partial charge in [-0.05, 0) is 26.1 Å². The van der Waals surface area contributed by atoms with E-state index in [9.17, 15) is 0 Å². The second-order valence-corrected chi connectivity index (χ2v) is 3.93. The first-order chi connectivity index (χ1) is 7.72. The molecule has 0 aliphatic rings. The van der Waals surface area contributed by atoms with Crippen LogP contribution in [-0.2, 0) is 13.6 Å². The van der Waals surface area contributed by atoms with E-state index in [2.05, 4.69) is 45.3 Å². The number of hydrogen-bond donors (Lipinski definition) is 1. The van der Waals surface area contributed by atoms with Gasteiger partial charge in [0.15, 0.2) is 5.82 Å². The zero-order valence-corrected chi connectivity index (χ0v) is 9.88. The van der Waals surface area contributed by atoms with Gasteiger partial charge >= 0.3 is 0 Å². The largest absolute Gasteiger partial charge is 0.342 e. The molecule has 0 bridgehead atoms. The summed E-state index contributed by atoms with van der Waals surface area (Å²) in [6, 6.07) is 4.51. The maximum absolute atomic E-state index is 4.09. The van der Waals surface area contributed by atoms with Gasteiger partial charge in [0.05, 0.1) is 6.54 Å². The van der Waals surface area contributed by atoms with Crippen LogP contribution in [0, 0.1) is 0 Å². The van der Waals surface area contributed by atoms with Crippen LogP contribution >= 0.6 is 0 Å². The van der Waals surface area contributed by atoms with Gasteiger partial charge in [0.25, 0.3) is 0 Å². The molecule has 0 radical (unpaired) electrons. The van der Waals surface area contributed by atoms with Crippen LogP contribution in [0.25, 0.3) is 0 Å². The highest BCUT2D eigenvalue weighted by Crippen LogP contribution is 2.13. The molecule has 0 spiro atoms. The van der Waals surface area contributed by atoms with Crippen LogP contribution in [-0.4, -0.2) is 26.4 Å². The molecule has 2 aromatic rings. The molecule has 1 unspecified atom stereocenters. The lowest BCUT2D eigenvalue weighted by Crippen LogP contribution is -2.17. The Balaban J connectivity index is 2.22. The van der Waals surface area contributed by atoms with Gasteiger partial charge in [-0.3, -0.25) is 0 Å². The molecule has 1 atom stereocenters. The van der Waals surface area contributed by atoms with Crippen LogP contribution < -0.4 is 5.32 Å². The minimum atomic E-state index is 0.336. The van der Waals surface area contributed by atoms with Crippen molar-refractivity contribution in [1.82, 2.24) is 24.6 Å². The third-order valence-electron chi connectivity index (χ3n) is 2.86. The molecule has 0 aromatic carbocycles. The fourth-order valence-corrected chi connectivity index (χ4v) is 1.71. The van der Waals surface area contributed by atoms with Crippen molar-refractivity contribution in [3.05, 3.63) is 36.2 Å². The summed E-state index contributed by atoms with van der Waals surface area (Å²) >= 11 is 0. The number of nitrogens with zero attached hydrogens (tertiary/aromatic N) is 4. The SMILES string of the molecule is CNC(C)c1cccn1Cc1nncn1C. The number of aryl methyl sites for hydroxylation is 1. The van der Waals surface area contributed by atoms with E-state index < -0.39 is 0 Å². The fraction of sp³-hybridized carbons (Fsp3) is 0.455. The van der Waals surface area contributed by atoms with Crippen molar-refractivity contribution in [1.29, 1.82) is 0 Å². The standard InChI is InChI=1S/C11H17N5/c1-9(12-2)10-5-4-6-16(10)7-11-14-13-8-15(11)3/h4-6,8-9,12H,7H2,1-3H3. The molecule has 0 fully saturated rings. The molecule has 86 valence electrons. The lowest BCUT2D eigenvalue weighted by Gasteiger charge is -2.14. The number of nitrogens with one attached hydrogen (secondary N) is 1. The highest BCUT2D eigenvalue weighted by molar-refractivity contribution is 5.12. The second kappa shape index (κ2) is 4.49. The molecule has 16 heavy (non-hydrogen) atoms. The van der Waals surface area contributed by atoms with Gasteiger partial charge in [0, 0.05) is 25.0 Å². The van der Waals surface area contributed by atoms with E-state index >= 15 is 0 Å². The first-order valence-corrected chi connectivity index (χ1v) is 5.37. The molecule has 0 amide bonds. The van der Waals surface area contributed by atoms with Gasteiger partial charge in [-0.25, -0.2) is 0 Å². The van der Waals surface area contributed by atoms with Gasteiger partial charge in [-0.15, -0.1) is 10.2 Å². The molecule has 5 heteroatoms. The smallest absolute Gasteiger partial charge is 0.152 e. The second-order valence-electron chi connectivity index (χ2n) is 3.93. The molecule has 1 N–H and O–H groups in total. The Bertz CT molecular complexity index is 456. The minimum absolute atomic E-state index is 0.336. The van der Waals surface area contributed by atoms with Crippen molar-refractivity contribution in [2.75, 3.05) is 7.05 Å². The molecule has 2 aromatic heterocycles. The van der Waals surface area contributed by atoms with Crippen molar-refractivity contribution in [2.24, 2.45) is 7.05 Å². The molecule has 5 nitrogen and oxygen atoms in total. The van der Waals surface area contributed by atoms with Crippen molar-refractivity contribution in [2.45, 2.75) is 19.5 Å². The van der Waals surface area contributed by atoms with E-state index in [1.54, 1.807) is 6.33 Å². The molecule has 2 rings (SSSR count). The molecule has 0 saturated heterocycles. The summed E-state index contributed by atoms with van der Waals surface area (Å²) in [4.78, 5) is 0. The van der Waals surface area contributed by atoms with Gasteiger partial charge < -0.3 is 14.5 Å². The van der Waals surface area contributed by atoms with Gasteiger partial charge in [-0.2, -0.15) is 0 Å². The Labute approximate surface area is 95.1 Å². The third-order valence-corrected chi connectivity index (χ3v) is 2.86. The summed E-state index contributed by atoms with van der Waals surface area (Å²) in [5, 5.41) is 11.2. The minimum Gasteiger partial charge on any atom is -0.342 e. The molecular weight excluding hydrogens is 202 g/mol. The topological polar surface area (TPSA) is 47.7 Å². The average molecular weight is 219 g/mol. The van der Waals surface area contributed by atoms with Crippen molar-refractivity contribution in [3.8, 4) is 0 Å². The lowest BCUT2D eigenvalue weighted by molar-refractivity contribution is 0.576. The summed E-state index contributed by atoms with van der Waals surface area (Å²) < 4.78 is 4.12. The maximum atomic E-state index is 4.09. The third kappa shape index (κ3) is 1.99. The monoisotopic (exact) mass is 219 g/mol. The molecule has 0 saturated carbocycles. The predicted molar refractivity (Wildman–Crippen MR) is 62.0 cm³/mol. The van der Waals surface area contributed by atoms with Crippen molar-refractivity contribution in [3.63, 3.8) is 0 Å². The summed E-state index contributed by atoms with van der Waals surface area (Å²) in [5.74, 6) is 0.959. The summed E-state index contributed by atoms with van der Waals surface area (Å²) in [5.41, 5.74) is 1.26. The first-order valence-electron chi connectivity index (χ1n) is 5.37. The van der Waals surface area contributed by atoms with E-state index in [1.807, 2.05) is 18.7 Å². The summed E-state index contributed by atoms with van der Waals surface area (Å²) in [7, 11) is 3.92. The Kier molecular flexibility index (Phi) is 3.05. The summed E-state index contributed by atoms with van der Waals surface area (Å²) in [6.07, 6.45) is 3.79. The zero-order chi connectivity index (χ0) is 11.5. The molecule has 0 aliphatic carbocycles. The van der Waals surface area contributed by atoms with Crippen LogP contribution in [0.3, 0.4) is 0 Å². The Morgan fingerprint density at radius 1 is 1.50 bits per heavy atom. The highest BCUT2D eigenvalue weighted by atomic mass is 15.3. The van der Waals surface area contributed by atoms with Crippen LogP contribution in [0.4, 0.5) is 0 Å². The zero-order valence-electron chi connectivity index (χ0n) is 9.88. The van der Waals surface area contributed by atoms with E-state index in [0.29, 0.717) is 6.04 Å². The Morgan fingerprint density at radius 3 is 2.94 bits per heavy atom. The normalized spacial score (nSPS) is 12.9. The van der Waals surface area contributed by atoms with E-state index in [-0.39, 0.29) is 0 Å². The van der Waals surface area contributed by atoms with Crippen LogP contribution in [0.2, 0.25) is 0 Å². The highest BCUT2D eigenvalue weighted by Gasteiger charge is 2.09. The quantitative estimate of drug-likeness (QED) is 0.832. The van der Waals surface area contributed by atoms with Crippen LogP contribution in [0.5, 0.6) is 0 Å². The molecule has 0 aliphatic heterocycles. The van der Waals surface area contributed by atoms with Crippen LogP contribution in [0.15, 0.2) is 24.7 Å². The van der Waals surface area contributed by atoms with Gasteiger partial charge in [-0.1, -0.05) is 0 Å². The molecular formula is C11H17N5. The van der Waals surface area contributed by atoms with E-state index in [4.69, 9.17) is 0 Å². The van der Waals surface area contributed by atoms with E-state index in [0.717, 1.165) is 12.4 Å². The number of rotatable bonds is 4. The molecule has 2 heterocycles. The Hall–Kier alpha value is -1.62. The maximum Gasteiger partial charge on any atom is 0.152 e. The number of hydrogen-bond acceptors (Lipinski definition) is 3. The van der Waals surface area contributed by atoms with Crippen molar-refractivity contribution >= 4 is 0 Å². The van der Waals surface area contributed by atoms with Gasteiger partial charge in [0.1, 0.15) is 6.33 Å². The lowest BCUT2D eigenvalue weighted by atomic mass is 10.2. The number of aromatic nitrogens is 4.